The molecule has 3 aromatic rings. The molecule has 0 heterocycles. The predicted octanol–water partition coefficient (Wildman–Crippen LogP) is 4.79. The molecule has 2 nitrogen and oxygen atoms in total. The number of hydrogen-bond donors (Lipinski definition) is 1. The molecule has 0 aliphatic carbocycles. The van der Waals surface area contributed by atoms with Gasteiger partial charge in [0.2, 0.25) is 0 Å². The standard InChI is InChI=1S/C25H25O2P/c26-25(27)20-12-1-2-13-21-28(22-14-6-3-7-15-22,23-16-8-4-9-17-23)24-18-10-5-11-19-24/h1,3-12,14-19H,2,13,20-21H2/p+1/b12-1+. The van der Waals surface area contributed by atoms with Gasteiger partial charge >= 0.3 is 5.97 Å². The van der Waals surface area contributed by atoms with E-state index >= 15 is 0 Å². The first-order chi connectivity index (χ1) is 13.7. The van der Waals surface area contributed by atoms with Crippen LogP contribution in [0.25, 0.3) is 0 Å². The van der Waals surface area contributed by atoms with Crippen LogP contribution in [0.3, 0.4) is 0 Å². The lowest BCUT2D eigenvalue weighted by molar-refractivity contribution is -0.136. The van der Waals surface area contributed by atoms with Crippen LogP contribution in [0.1, 0.15) is 19.3 Å². The van der Waals surface area contributed by atoms with Crippen LogP contribution < -0.4 is 15.9 Å². The molecular weight excluding hydrogens is 363 g/mol. The summed E-state index contributed by atoms with van der Waals surface area (Å²) in [7, 11) is -1.77. The first kappa shape index (κ1) is 20.0. The highest BCUT2D eigenvalue weighted by molar-refractivity contribution is 7.95. The fourth-order valence-corrected chi connectivity index (χ4v) is 8.00. The summed E-state index contributed by atoms with van der Waals surface area (Å²) in [6.07, 6.45) is 6.82. The fraction of sp³-hybridized carbons (Fsp3) is 0.160. The minimum atomic E-state index is -1.77. The van der Waals surface area contributed by atoms with Crippen LogP contribution in [0.15, 0.2) is 103 Å². The Hall–Kier alpha value is -2.70. The van der Waals surface area contributed by atoms with Gasteiger partial charge in [-0.3, -0.25) is 4.79 Å². The molecule has 0 unspecified atom stereocenters. The maximum absolute atomic E-state index is 10.7. The van der Waals surface area contributed by atoms with Crippen molar-refractivity contribution in [3.63, 3.8) is 0 Å². The summed E-state index contributed by atoms with van der Waals surface area (Å²) in [5.41, 5.74) is 0. The number of unbranched alkanes of at least 4 members (excludes halogenated alkanes) is 1. The topological polar surface area (TPSA) is 37.3 Å². The van der Waals surface area contributed by atoms with Crippen molar-refractivity contribution in [3.05, 3.63) is 103 Å². The molecule has 0 saturated carbocycles. The van der Waals surface area contributed by atoms with Gasteiger partial charge in [-0.15, -0.1) is 0 Å². The molecule has 0 aliphatic heterocycles. The van der Waals surface area contributed by atoms with Crippen LogP contribution in [0.5, 0.6) is 0 Å². The van der Waals surface area contributed by atoms with Crippen molar-refractivity contribution in [3.8, 4) is 0 Å². The predicted molar refractivity (Wildman–Crippen MR) is 121 cm³/mol. The van der Waals surface area contributed by atoms with Crippen molar-refractivity contribution in [2.75, 3.05) is 6.16 Å². The van der Waals surface area contributed by atoms with Crippen LogP contribution in [-0.2, 0) is 4.79 Å². The Bertz CT molecular complexity index is 793. The van der Waals surface area contributed by atoms with Gasteiger partial charge in [-0.25, -0.2) is 0 Å². The van der Waals surface area contributed by atoms with Crippen LogP contribution in [-0.4, -0.2) is 17.2 Å². The summed E-state index contributed by atoms with van der Waals surface area (Å²) in [5, 5.41) is 13.0. The number of carboxylic acid groups (broad SMARTS) is 1. The van der Waals surface area contributed by atoms with Gasteiger partial charge in [0.1, 0.15) is 23.2 Å². The second-order valence-corrected chi connectivity index (χ2v) is 10.4. The zero-order chi connectivity index (χ0) is 19.7. The van der Waals surface area contributed by atoms with Crippen LogP contribution >= 0.6 is 7.26 Å². The normalized spacial score (nSPS) is 11.6. The van der Waals surface area contributed by atoms with E-state index in [9.17, 15) is 4.79 Å². The van der Waals surface area contributed by atoms with Crippen molar-refractivity contribution in [1.82, 2.24) is 0 Å². The molecule has 1 N–H and O–H groups in total. The molecule has 3 rings (SSSR count). The van der Waals surface area contributed by atoms with Gasteiger partial charge in [-0.1, -0.05) is 66.7 Å². The number of allylic oxidation sites excluding steroid dienone is 1. The molecule has 0 aliphatic rings. The third-order valence-electron chi connectivity index (χ3n) is 4.91. The van der Waals surface area contributed by atoms with Crippen molar-refractivity contribution in [1.29, 1.82) is 0 Å². The summed E-state index contributed by atoms with van der Waals surface area (Å²) in [6.45, 7) is 0. The molecule has 3 aromatic carbocycles. The van der Waals surface area contributed by atoms with E-state index in [0.29, 0.717) is 0 Å². The van der Waals surface area contributed by atoms with E-state index in [1.165, 1.54) is 15.9 Å². The second kappa shape index (κ2) is 10.0. The van der Waals surface area contributed by atoms with Crippen molar-refractivity contribution in [2.45, 2.75) is 19.3 Å². The SMILES string of the molecule is O=C(O)C/C=C/CCC[P+](c1ccccc1)(c1ccccc1)c1ccccc1. The number of rotatable bonds is 9. The third-order valence-corrected chi connectivity index (χ3v) is 9.44. The quantitative estimate of drug-likeness (QED) is 0.325. The maximum Gasteiger partial charge on any atom is 0.307 e. The molecule has 0 saturated heterocycles. The van der Waals surface area contributed by atoms with Gasteiger partial charge in [-0.05, 0) is 49.2 Å². The molecule has 0 fully saturated rings. The van der Waals surface area contributed by atoms with E-state index in [0.717, 1.165) is 19.0 Å². The lowest BCUT2D eigenvalue weighted by Crippen LogP contribution is -2.33. The highest BCUT2D eigenvalue weighted by atomic mass is 31.2. The van der Waals surface area contributed by atoms with E-state index in [4.69, 9.17) is 5.11 Å². The lowest BCUT2D eigenvalue weighted by Gasteiger charge is -2.27. The first-order valence-corrected chi connectivity index (χ1v) is 11.6. The Morgan fingerprint density at radius 1 is 0.714 bits per heavy atom. The molecule has 0 atom stereocenters. The van der Waals surface area contributed by atoms with Gasteiger partial charge in [0.15, 0.2) is 0 Å². The molecule has 0 radical (unpaired) electrons. The van der Waals surface area contributed by atoms with Gasteiger partial charge < -0.3 is 5.11 Å². The second-order valence-electron chi connectivity index (χ2n) is 6.75. The Kier molecular flexibility index (Phi) is 7.17. The first-order valence-electron chi connectivity index (χ1n) is 9.65. The minimum absolute atomic E-state index is 0.0936. The Morgan fingerprint density at radius 3 is 1.54 bits per heavy atom. The smallest absolute Gasteiger partial charge is 0.307 e. The van der Waals surface area contributed by atoms with Gasteiger partial charge in [-0.2, -0.15) is 0 Å². The highest BCUT2D eigenvalue weighted by Crippen LogP contribution is 2.55. The number of carbonyl (C=O) groups is 1. The Labute approximate surface area is 167 Å². The Morgan fingerprint density at radius 2 is 1.14 bits per heavy atom. The zero-order valence-electron chi connectivity index (χ0n) is 15.9. The van der Waals surface area contributed by atoms with E-state index in [1.807, 2.05) is 6.08 Å². The van der Waals surface area contributed by atoms with E-state index in [-0.39, 0.29) is 6.42 Å². The van der Waals surface area contributed by atoms with Crippen LogP contribution in [0, 0.1) is 0 Å². The number of aliphatic carboxylic acids is 1. The molecule has 28 heavy (non-hydrogen) atoms. The van der Waals surface area contributed by atoms with Gasteiger partial charge in [0, 0.05) is 0 Å². The number of carboxylic acids is 1. The molecule has 0 spiro atoms. The van der Waals surface area contributed by atoms with Crippen molar-refractivity contribution >= 4 is 29.1 Å². The van der Waals surface area contributed by atoms with E-state index in [2.05, 4.69) is 91.0 Å². The lowest BCUT2D eigenvalue weighted by atomic mass is 10.3. The minimum Gasteiger partial charge on any atom is -0.481 e. The van der Waals surface area contributed by atoms with Crippen LogP contribution in [0.2, 0.25) is 0 Å². The average Bonchev–Trinajstić information content (AvgIpc) is 2.75. The van der Waals surface area contributed by atoms with Gasteiger partial charge in [0.05, 0.1) is 12.6 Å². The van der Waals surface area contributed by atoms with Crippen molar-refractivity contribution < 1.29 is 9.90 Å². The van der Waals surface area contributed by atoms with Crippen LogP contribution in [0.4, 0.5) is 0 Å². The van der Waals surface area contributed by atoms with E-state index in [1.54, 1.807) is 6.08 Å². The Balaban J connectivity index is 1.99. The fourth-order valence-electron chi connectivity index (χ4n) is 3.63. The summed E-state index contributed by atoms with van der Waals surface area (Å²) < 4.78 is 0. The molecule has 142 valence electrons. The molecule has 0 bridgehead atoms. The largest absolute Gasteiger partial charge is 0.481 e. The molecular formula is C25H26O2P+. The summed E-state index contributed by atoms with van der Waals surface area (Å²) in [6, 6.07) is 32.5. The number of benzene rings is 3. The van der Waals surface area contributed by atoms with Crippen molar-refractivity contribution in [2.24, 2.45) is 0 Å². The highest BCUT2D eigenvalue weighted by Gasteiger charge is 2.44. The van der Waals surface area contributed by atoms with Gasteiger partial charge in [0.25, 0.3) is 0 Å². The third kappa shape index (κ3) is 4.77. The monoisotopic (exact) mass is 389 g/mol. The average molecular weight is 389 g/mol. The zero-order valence-corrected chi connectivity index (χ0v) is 16.8. The number of hydrogen-bond acceptors (Lipinski definition) is 1. The molecule has 0 amide bonds. The molecule has 3 heteroatoms. The maximum atomic E-state index is 10.7. The van der Waals surface area contributed by atoms with E-state index < -0.39 is 13.2 Å². The summed E-state index contributed by atoms with van der Waals surface area (Å²) in [4.78, 5) is 10.7. The molecule has 0 aromatic heterocycles. The summed E-state index contributed by atoms with van der Waals surface area (Å²) in [5.74, 6) is -0.782. The summed E-state index contributed by atoms with van der Waals surface area (Å²) >= 11 is 0.